The SMILES string of the molecule is c1ccc2c(c1)CN(c1cncc(CNC3CC3)n1)C2. The van der Waals surface area contributed by atoms with Crippen LogP contribution >= 0.6 is 0 Å². The molecule has 2 heterocycles. The van der Waals surface area contributed by atoms with Crippen molar-refractivity contribution >= 4 is 5.82 Å². The molecule has 0 atom stereocenters. The van der Waals surface area contributed by atoms with Crippen LogP contribution in [0.1, 0.15) is 29.7 Å². The van der Waals surface area contributed by atoms with Gasteiger partial charge in [0, 0.05) is 31.9 Å². The van der Waals surface area contributed by atoms with Crippen molar-refractivity contribution in [2.45, 2.75) is 38.5 Å². The molecule has 1 aromatic heterocycles. The van der Waals surface area contributed by atoms with Crippen LogP contribution in [0.4, 0.5) is 5.82 Å². The van der Waals surface area contributed by atoms with Crippen LogP contribution in [0.15, 0.2) is 36.7 Å². The highest BCUT2D eigenvalue weighted by atomic mass is 15.2. The molecule has 20 heavy (non-hydrogen) atoms. The van der Waals surface area contributed by atoms with Gasteiger partial charge in [-0.05, 0) is 24.0 Å². The van der Waals surface area contributed by atoms with E-state index in [-0.39, 0.29) is 0 Å². The Balaban J connectivity index is 1.50. The zero-order valence-corrected chi connectivity index (χ0v) is 11.4. The summed E-state index contributed by atoms with van der Waals surface area (Å²) in [4.78, 5) is 11.4. The maximum Gasteiger partial charge on any atom is 0.148 e. The first kappa shape index (κ1) is 11.9. The maximum atomic E-state index is 4.74. The van der Waals surface area contributed by atoms with Gasteiger partial charge in [-0.2, -0.15) is 0 Å². The van der Waals surface area contributed by atoms with Crippen molar-refractivity contribution in [2.24, 2.45) is 0 Å². The molecule has 1 aliphatic carbocycles. The van der Waals surface area contributed by atoms with Crippen LogP contribution in [-0.2, 0) is 19.6 Å². The number of hydrogen-bond donors (Lipinski definition) is 1. The quantitative estimate of drug-likeness (QED) is 0.921. The second-order valence-electron chi connectivity index (χ2n) is 5.65. The maximum absolute atomic E-state index is 4.74. The summed E-state index contributed by atoms with van der Waals surface area (Å²) in [6.45, 7) is 2.70. The zero-order chi connectivity index (χ0) is 13.4. The lowest BCUT2D eigenvalue weighted by Gasteiger charge is -2.16. The molecule has 1 aromatic carbocycles. The summed E-state index contributed by atoms with van der Waals surface area (Å²) in [6.07, 6.45) is 6.33. The average molecular weight is 266 g/mol. The third-order valence-electron chi connectivity index (χ3n) is 3.99. The van der Waals surface area contributed by atoms with E-state index in [0.717, 1.165) is 31.1 Å². The Morgan fingerprint density at radius 3 is 2.55 bits per heavy atom. The Morgan fingerprint density at radius 1 is 1.10 bits per heavy atom. The average Bonchev–Trinajstić information content (AvgIpc) is 3.22. The number of nitrogens with one attached hydrogen (secondary N) is 1. The van der Waals surface area contributed by atoms with Gasteiger partial charge in [-0.25, -0.2) is 4.98 Å². The molecule has 102 valence electrons. The lowest BCUT2D eigenvalue weighted by molar-refractivity contribution is 0.669. The molecule has 0 amide bonds. The van der Waals surface area contributed by atoms with E-state index >= 15 is 0 Å². The summed E-state index contributed by atoms with van der Waals surface area (Å²) < 4.78 is 0. The topological polar surface area (TPSA) is 41.1 Å². The smallest absolute Gasteiger partial charge is 0.148 e. The molecule has 4 nitrogen and oxygen atoms in total. The molecule has 0 bridgehead atoms. The van der Waals surface area contributed by atoms with Gasteiger partial charge in [0.1, 0.15) is 5.82 Å². The molecule has 0 saturated heterocycles. The normalized spacial score (nSPS) is 17.3. The fourth-order valence-electron chi connectivity index (χ4n) is 2.66. The van der Waals surface area contributed by atoms with Crippen molar-refractivity contribution in [3.8, 4) is 0 Å². The van der Waals surface area contributed by atoms with Crippen molar-refractivity contribution in [2.75, 3.05) is 4.90 Å². The number of aromatic nitrogens is 2. The van der Waals surface area contributed by atoms with Crippen LogP contribution in [0.2, 0.25) is 0 Å². The minimum absolute atomic E-state index is 0.705. The van der Waals surface area contributed by atoms with Gasteiger partial charge in [0.15, 0.2) is 0 Å². The third-order valence-corrected chi connectivity index (χ3v) is 3.99. The van der Waals surface area contributed by atoms with Gasteiger partial charge in [0.2, 0.25) is 0 Å². The van der Waals surface area contributed by atoms with Crippen LogP contribution in [0.5, 0.6) is 0 Å². The van der Waals surface area contributed by atoms with Gasteiger partial charge in [-0.15, -0.1) is 0 Å². The molecule has 2 aromatic rings. The van der Waals surface area contributed by atoms with E-state index in [1.807, 2.05) is 12.4 Å². The Hall–Kier alpha value is -1.94. The second-order valence-corrected chi connectivity index (χ2v) is 5.65. The molecule has 4 rings (SSSR count). The highest BCUT2D eigenvalue weighted by Crippen LogP contribution is 2.26. The lowest BCUT2D eigenvalue weighted by atomic mass is 10.1. The van der Waals surface area contributed by atoms with E-state index in [1.165, 1.54) is 24.0 Å². The van der Waals surface area contributed by atoms with Crippen molar-refractivity contribution in [1.29, 1.82) is 0 Å². The Bertz CT molecular complexity index is 596. The Kier molecular flexibility index (Phi) is 2.89. The number of rotatable bonds is 4. The standard InChI is InChI=1S/C16H18N4/c1-2-4-13-11-20(10-12(13)3-1)16-9-17-7-15(19-16)8-18-14-5-6-14/h1-4,7,9,14,18H,5-6,8,10-11H2. The predicted molar refractivity (Wildman–Crippen MR) is 78.2 cm³/mol. The number of anilines is 1. The van der Waals surface area contributed by atoms with Gasteiger partial charge < -0.3 is 10.2 Å². The summed E-state index contributed by atoms with van der Waals surface area (Å²) in [6, 6.07) is 9.30. The summed E-state index contributed by atoms with van der Waals surface area (Å²) in [5.74, 6) is 0.983. The van der Waals surface area contributed by atoms with Crippen molar-refractivity contribution in [1.82, 2.24) is 15.3 Å². The number of nitrogens with zero attached hydrogens (tertiary/aromatic N) is 3. The van der Waals surface area contributed by atoms with Crippen LogP contribution in [0, 0.1) is 0 Å². The monoisotopic (exact) mass is 266 g/mol. The molecular formula is C16H18N4. The van der Waals surface area contributed by atoms with Gasteiger partial charge in [0.05, 0.1) is 11.9 Å². The van der Waals surface area contributed by atoms with E-state index in [4.69, 9.17) is 4.98 Å². The van der Waals surface area contributed by atoms with Crippen LogP contribution in [0.25, 0.3) is 0 Å². The fraction of sp³-hybridized carbons (Fsp3) is 0.375. The van der Waals surface area contributed by atoms with Crippen LogP contribution < -0.4 is 10.2 Å². The number of hydrogen-bond acceptors (Lipinski definition) is 4. The first-order chi connectivity index (χ1) is 9.88. The van der Waals surface area contributed by atoms with E-state index in [2.05, 4.69) is 39.5 Å². The molecule has 0 unspecified atom stereocenters. The Morgan fingerprint density at radius 2 is 1.85 bits per heavy atom. The largest absolute Gasteiger partial charge is 0.347 e. The van der Waals surface area contributed by atoms with E-state index in [1.54, 1.807) is 0 Å². The van der Waals surface area contributed by atoms with Crippen LogP contribution in [0.3, 0.4) is 0 Å². The molecule has 0 radical (unpaired) electrons. The summed E-state index contributed by atoms with van der Waals surface area (Å²) in [5, 5.41) is 3.49. The van der Waals surface area contributed by atoms with E-state index in [9.17, 15) is 0 Å². The summed E-state index contributed by atoms with van der Waals surface area (Å²) >= 11 is 0. The van der Waals surface area contributed by atoms with Gasteiger partial charge in [0.25, 0.3) is 0 Å². The molecule has 4 heteroatoms. The van der Waals surface area contributed by atoms with E-state index < -0.39 is 0 Å². The number of benzene rings is 1. The van der Waals surface area contributed by atoms with Gasteiger partial charge in [-0.3, -0.25) is 4.98 Å². The third kappa shape index (κ3) is 2.39. The fourth-order valence-corrected chi connectivity index (χ4v) is 2.66. The molecule has 2 aliphatic rings. The highest BCUT2D eigenvalue weighted by molar-refractivity contribution is 5.46. The summed E-state index contributed by atoms with van der Waals surface area (Å²) in [5.41, 5.74) is 3.83. The number of fused-ring (bicyclic) bond motifs is 1. The van der Waals surface area contributed by atoms with Crippen molar-refractivity contribution in [3.63, 3.8) is 0 Å². The first-order valence-corrected chi connectivity index (χ1v) is 7.24. The molecular weight excluding hydrogens is 248 g/mol. The van der Waals surface area contributed by atoms with Gasteiger partial charge >= 0.3 is 0 Å². The molecule has 0 spiro atoms. The molecule has 1 aliphatic heterocycles. The van der Waals surface area contributed by atoms with Gasteiger partial charge in [-0.1, -0.05) is 24.3 Å². The van der Waals surface area contributed by atoms with Crippen molar-refractivity contribution in [3.05, 3.63) is 53.5 Å². The molecule has 1 saturated carbocycles. The predicted octanol–water partition coefficient (Wildman–Crippen LogP) is 2.25. The molecule has 1 fully saturated rings. The highest BCUT2D eigenvalue weighted by Gasteiger charge is 2.22. The summed E-state index contributed by atoms with van der Waals surface area (Å²) in [7, 11) is 0. The second kappa shape index (κ2) is 4.87. The molecule has 1 N–H and O–H groups in total. The van der Waals surface area contributed by atoms with E-state index in [0.29, 0.717) is 6.04 Å². The first-order valence-electron chi connectivity index (χ1n) is 7.24. The minimum atomic E-state index is 0.705. The lowest BCUT2D eigenvalue weighted by Crippen LogP contribution is -2.20. The van der Waals surface area contributed by atoms with Crippen LogP contribution in [-0.4, -0.2) is 16.0 Å². The van der Waals surface area contributed by atoms with Crippen molar-refractivity contribution < 1.29 is 0 Å². The Labute approximate surface area is 118 Å². The zero-order valence-electron chi connectivity index (χ0n) is 11.4. The minimum Gasteiger partial charge on any atom is -0.347 e.